The van der Waals surface area contributed by atoms with Gasteiger partial charge in [-0.1, -0.05) is 27.7 Å². The van der Waals surface area contributed by atoms with Gasteiger partial charge in [0.15, 0.2) is 0 Å². The van der Waals surface area contributed by atoms with E-state index in [-0.39, 0.29) is 75.9 Å². The molecule has 0 unspecified atom stereocenters. The van der Waals surface area contributed by atoms with Crippen molar-refractivity contribution in [2.75, 3.05) is 0 Å². The Labute approximate surface area is 283 Å². The molecule has 0 saturated heterocycles. The standard InChI is InChI=1S/C40H48O8/c1-5-25-9-29-17-45-19-31-11-26(6-2)13-33(38(31)42)21-47-23-35-15-28(8-4)16-36(40(35)44)24-48-22-34-14-27(7-3)12-32(39(34)43)20-46-18-30(10-25)37(29)41/h9-16,41-44H,5-8,17-24H2,1-4H3. The predicted octanol–water partition coefficient (Wildman–Crippen LogP) is 7.94. The van der Waals surface area contributed by atoms with E-state index >= 15 is 0 Å². The summed E-state index contributed by atoms with van der Waals surface area (Å²) >= 11 is 0. The molecule has 0 aromatic heterocycles. The van der Waals surface area contributed by atoms with Gasteiger partial charge in [-0.25, -0.2) is 0 Å². The summed E-state index contributed by atoms with van der Waals surface area (Å²) in [6.45, 7) is 9.37. The van der Waals surface area contributed by atoms with Gasteiger partial charge in [0.25, 0.3) is 0 Å². The Hall–Kier alpha value is -4.08. The van der Waals surface area contributed by atoms with Gasteiger partial charge in [-0.15, -0.1) is 0 Å². The highest BCUT2D eigenvalue weighted by Crippen LogP contribution is 2.33. The summed E-state index contributed by atoms with van der Waals surface area (Å²) < 4.78 is 24.3. The minimum absolute atomic E-state index is 0.112. The summed E-state index contributed by atoms with van der Waals surface area (Å²) in [5.74, 6) is 0.447. The minimum Gasteiger partial charge on any atom is -0.507 e. The lowest BCUT2D eigenvalue weighted by Crippen LogP contribution is -2.04. The Balaban J connectivity index is 1.49. The largest absolute Gasteiger partial charge is 0.507 e. The Morgan fingerprint density at radius 3 is 0.604 bits per heavy atom. The molecule has 0 saturated carbocycles. The van der Waals surface area contributed by atoms with E-state index in [9.17, 15) is 20.4 Å². The zero-order chi connectivity index (χ0) is 34.2. The quantitative estimate of drug-likeness (QED) is 0.175. The summed E-state index contributed by atoms with van der Waals surface area (Å²) in [4.78, 5) is 0. The fourth-order valence-corrected chi connectivity index (χ4v) is 6.11. The first kappa shape index (κ1) is 35.2. The van der Waals surface area contributed by atoms with Crippen LogP contribution in [0.2, 0.25) is 0 Å². The second-order valence-electron chi connectivity index (χ2n) is 12.4. The van der Waals surface area contributed by atoms with Crippen LogP contribution in [0.3, 0.4) is 0 Å². The molecule has 0 spiro atoms. The SMILES string of the molecule is CCc1cc2c(O)c(c1)COCc1cc(CC)cc(c1O)COCc1cc(CC)cc(c1O)COCc1cc(CC)cc(c1O)COC2. The van der Waals surface area contributed by atoms with Crippen LogP contribution in [0.5, 0.6) is 23.0 Å². The number of hydrogen-bond donors (Lipinski definition) is 4. The lowest BCUT2D eigenvalue weighted by atomic mass is 10.0. The summed E-state index contributed by atoms with van der Waals surface area (Å²) in [5.41, 5.74) is 9.28. The van der Waals surface area contributed by atoms with Gasteiger partial charge in [0.2, 0.25) is 0 Å². The van der Waals surface area contributed by atoms with E-state index in [2.05, 4.69) is 27.7 Å². The molecule has 0 radical (unpaired) electrons. The summed E-state index contributed by atoms with van der Waals surface area (Å²) in [5, 5.41) is 44.7. The number of aryl methyl sites for hydroxylation is 4. The van der Waals surface area contributed by atoms with Crippen molar-refractivity contribution in [3.05, 3.63) is 115 Å². The lowest BCUT2D eigenvalue weighted by Gasteiger charge is -2.17. The van der Waals surface area contributed by atoms with E-state index in [1.807, 2.05) is 48.5 Å². The highest BCUT2D eigenvalue weighted by atomic mass is 16.5. The van der Waals surface area contributed by atoms with Gasteiger partial charge in [-0.05, 0) is 96.5 Å². The maximum absolute atomic E-state index is 11.2. The number of hydrogen-bond acceptors (Lipinski definition) is 8. The van der Waals surface area contributed by atoms with Crippen molar-refractivity contribution in [2.24, 2.45) is 0 Å². The van der Waals surface area contributed by atoms with Gasteiger partial charge in [0, 0.05) is 44.5 Å². The van der Waals surface area contributed by atoms with Crippen molar-refractivity contribution in [1.29, 1.82) is 0 Å². The van der Waals surface area contributed by atoms with E-state index < -0.39 is 0 Å². The molecule has 0 atom stereocenters. The fraction of sp³-hybridized carbons (Fsp3) is 0.400. The second kappa shape index (κ2) is 16.3. The van der Waals surface area contributed by atoms with E-state index in [0.717, 1.165) is 47.9 Å². The third-order valence-corrected chi connectivity index (χ3v) is 9.00. The Bertz CT molecular complexity index is 1370. The molecule has 1 aliphatic rings. The molecule has 8 bridgehead atoms. The smallest absolute Gasteiger partial charge is 0.126 e. The van der Waals surface area contributed by atoms with Crippen molar-refractivity contribution in [3.63, 3.8) is 0 Å². The topological polar surface area (TPSA) is 118 Å². The number of fused-ring (bicyclic) bond motifs is 8. The number of ether oxygens (including phenoxy) is 4. The van der Waals surface area contributed by atoms with E-state index in [0.29, 0.717) is 44.5 Å². The molecule has 48 heavy (non-hydrogen) atoms. The number of rotatable bonds is 4. The molecule has 5 rings (SSSR count). The van der Waals surface area contributed by atoms with Crippen LogP contribution in [0.4, 0.5) is 0 Å². The Morgan fingerprint density at radius 2 is 0.479 bits per heavy atom. The van der Waals surface area contributed by atoms with Crippen molar-refractivity contribution in [1.82, 2.24) is 0 Å². The van der Waals surface area contributed by atoms with Crippen LogP contribution < -0.4 is 0 Å². The molecule has 256 valence electrons. The monoisotopic (exact) mass is 656 g/mol. The molecule has 4 N–H and O–H groups in total. The normalized spacial score (nSPS) is 14.8. The highest BCUT2D eigenvalue weighted by molar-refractivity contribution is 5.47. The molecule has 1 aliphatic heterocycles. The maximum atomic E-state index is 11.2. The van der Waals surface area contributed by atoms with E-state index in [1.54, 1.807) is 0 Å². The average molecular weight is 657 g/mol. The van der Waals surface area contributed by atoms with Crippen LogP contribution in [-0.4, -0.2) is 20.4 Å². The van der Waals surface area contributed by atoms with Crippen LogP contribution in [0.1, 0.15) is 94.5 Å². The van der Waals surface area contributed by atoms with Gasteiger partial charge in [0.1, 0.15) is 23.0 Å². The average Bonchev–Trinajstić information content (AvgIpc) is 3.09. The summed E-state index contributed by atoms with van der Waals surface area (Å²) in [6.07, 6.45) is 3.08. The van der Waals surface area contributed by atoms with Gasteiger partial charge >= 0.3 is 0 Å². The summed E-state index contributed by atoms with van der Waals surface area (Å²) in [7, 11) is 0. The number of phenols is 4. The van der Waals surface area contributed by atoms with E-state index in [1.165, 1.54) is 0 Å². The molecule has 4 aromatic rings. The van der Waals surface area contributed by atoms with Gasteiger partial charge in [0.05, 0.1) is 52.9 Å². The third-order valence-electron chi connectivity index (χ3n) is 9.00. The maximum Gasteiger partial charge on any atom is 0.126 e. The predicted molar refractivity (Wildman–Crippen MR) is 184 cm³/mol. The molecule has 0 fully saturated rings. The molecular weight excluding hydrogens is 608 g/mol. The van der Waals surface area contributed by atoms with Crippen LogP contribution in [-0.2, 0) is 97.5 Å². The van der Waals surface area contributed by atoms with Crippen LogP contribution in [0, 0.1) is 0 Å². The zero-order valence-corrected chi connectivity index (χ0v) is 28.5. The first-order valence-corrected chi connectivity index (χ1v) is 16.9. The molecule has 0 aliphatic carbocycles. The van der Waals surface area contributed by atoms with Crippen molar-refractivity contribution in [2.45, 2.75) is 106 Å². The fourth-order valence-electron chi connectivity index (χ4n) is 6.11. The molecule has 8 heteroatoms. The van der Waals surface area contributed by atoms with Crippen LogP contribution >= 0.6 is 0 Å². The molecule has 0 amide bonds. The van der Waals surface area contributed by atoms with Crippen LogP contribution in [0.25, 0.3) is 0 Å². The van der Waals surface area contributed by atoms with E-state index in [4.69, 9.17) is 18.9 Å². The van der Waals surface area contributed by atoms with Gasteiger partial charge in [-0.2, -0.15) is 0 Å². The molecule has 1 heterocycles. The van der Waals surface area contributed by atoms with Crippen molar-refractivity contribution < 1.29 is 39.4 Å². The molecule has 4 aromatic carbocycles. The third kappa shape index (κ3) is 8.31. The van der Waals surface area contributed by atoms with Crippen molar-refractivity contribution >= 4 is 0 Å². The first-order valence-electron chi connectivity index (χ1n) is 16.9. The van der Waals surface area contributed by atoms with Crippen molar-refractivity contribution in [3.8, 4) is 23.0 Å². The summed E-state index contributed by atoms with van der Waals surface area (Å²) in [6, 6.07) is 15.5. The highest BCUT2D eigenvalue weighted by Gasteiger charge is 2.17. The number of aromatic hydroxyl groups is 4. The van der Waals surface area contributed by atoms with Gasteiger partial charge < -0.3 is 39.4 Å². The Kier molecular flexibility index (Phi) is 12.0. The lowest BCUT2D eigenvalue weighted by molar-refractivity contribution is 0.0930. The Morgan fingerprint density at radius 1 is 0.333 bits per heavy atom. The number of benzene rings is 4. The minimum atomic E-state index is 0.112. The zero-order valence-electron chi connectivity index (χ0n) is 28.5. The van der Waals surface area contributed by atoms with Crippen LogP contribution in [0.15, 0.2) is 48.5 Å². The number of phenolic OH excluding ortho intramolecular Hbond substituents is 4. The first-order chi connectivity index (χ1) is 23.2. The molecular formula is C40H48O8. The molecule has 8 nitrogen and oxygen atoms in total. The van der Waals surface area contributed by atoms with Gasteiger partial charge in [-0.3, -0.25) is 0 Å². The second-order valence-corrected chi connectivity index (χ2v) is 12.4.